The summed E-state index contributed by atoms with van der Waals surface area (Å²) in [5.41, 5.74) is -0.0899. The summed E-state index contributed by atoms with van der Waals surface area (Å²) < 4.78 is 13.5. The van der Waals surface area contributed by atoms with Crippen LogP contribution in [0.15, 0.2) is 24.3 Å². The van der Waals surface area contributed by atoms with Crippen molar-refractivity contribution in [2.45, 2.75) is 38.0 Å². The molecule has 2 N–H and O–H groups in total. The highest BCUT2D eigenvalue weighted by Crippen LogP contribution is 2.32. The predicted octanol–water partition coefficient (Wildman–Crippen LogP) is 1.26. The minimum atomic E-state index is -0.885. The molecule has 1 aromatic carbocycles. The first-order valence-corrected chi connectivity index (χ1v) is 8.09. The van der Waals surface area contributed by atoms with Crippen LogP contribution < -0.4 is 5.32 Å². The standard InChI is InChI=1S/C17H22FN3O3/c1-17(2)15(23)21(16(24)19-17)7-6-20-10-13(22)9-14(20)11-4-3-5-12(18)8-11/h3-5,8,13-14,22H,6-7,9-10H2,1-2H3,(H,19,24)/t13-,14+/m1/s1. The maximum Gasteiger partial charge on any atom is 0.325 e. The Labute approximate surface area is 140 Å². The van der Waals surface area contributed by atoms with E-state index in [2.05, 4.69) is 5.32 Å². The first-order chi connectivity index (χ1) is 11.3. The minimum absolute atomic E-state index is 0.121. The SMILES string of the molecule is CC1(C)NC(=O)N(CCN2C[C@H](O)C[C@H]2c2cccc(F)c2)C1=O. The van der Waals surface area contributed by atoms with Gasteiger partial charge in [-0.15, -0.1) is 0 Å². The molecular formula is C17H22FN3O3. The van der Waals surface area contributed by atoms with Gasteiger partial charge in [0.2, 0.25) is 0 Å². The zero-order valence-electron chi connectivity index (χ0n) is 13.8. The van der Waals surface area contributed by atoms with Crippen molar-refractivity contribution in [1.29, 1.82) is 0 Å². The van der Waals surface area contributed by atoms with E-state index in [-0.39, 0.29) is 24.3 Å². The maximum atomic E-state index is 13.5. The molecule has 0 saturated carbocycles. The number of β-amino-alcohol motifs (C(OH)–C–C–N with tert-alkyl or cyclic N) is 1. The summed E-state index contributed by atoms with van der Waals surface area (Å²) in [7, 11) is 0. The van der Waals surface area contributed by atoms with E-state index in [1.54, 1.807) is 19.9 Å². The zero-order valence-corrected chi connectivity index (χ0v) is 13.8. The second-order valence-electron chi connectivity index (χ2n) is 6.97. The van der Waals surface area contributed by atoms with Crippen LogP contribution in [0, 0.1) is 5.82 Å². The fourth-order valence-corrected chi connectivity index (χ4v) is 3.44. The second kappa shape index (κ2) is 6.14. The van der Waals surface area contributed by atoms with Crippen LogP contribution in [0.3, 0.4) is 0 Å². The van der Waals surface area contributed by atoms with Gasteiger partial charge in [-0.1, -0.05) is 12.1 Å². The quantitative estimate of drug-likeness (QED) is 0.813. The molecule has 6 nitrogen and oxygen atoms in total. The molecule has 24 heavy (non-hydrogen) atoms. The largest absolute Gasteiger partial charge is 0.392 e. The third kappa shape index (κ3) is 3.14. The van der Waals surface area contributed by atoms with Crippen molar-refractivity contribution < 1.29 is 19.1 Å². The number of hydrogen-bond acceptors (Lipinski definition) is 4. The molecule has 2 aliphatic rings. The van der Waals surface area contributed by atoms with E-state index in [9.17, 15) is 19.1 Å². The molecule has 3 amide bonds. The molecule has 0 radical (unpaired) electrons. The number of rotatable bonds is 4. The number of benzene rings is 1. The van der Waals surface area contributed by atoms with E-state index in [1.165, 1.54) is 17.0 Å². The molecule has 7 heteroatoms. The van der Waals surface area contributed by atoms with E-state index in [1.807, 2.05) is 11.0 Å². The number of aliphatic hydroxyl groups excluding tert-OH is 1. The number of nitrogens with one attached hydrogen (secondary N) is 1. The van der Waals surface area contributed by atoms with Crippen molar-refractivity contribution in [3.63, 3.8) is 0 Å². The number of aliphatic hydroxyl groups is 1. The van der Waals surface area contributed by atoms with Crippen LogP contribution in [0.5, 0.6) is 0 Å². The van der Waals surface area contributed by atoms with Crippen LogP contribution in [0.4, 0.5) is 9.18 Å². The smallest absolute Gasteiger partial charge is 0.325 e. The third-order valence-electron chi connectivity index (χ3n) is 4.67. The number of carbonyl (C=O) groups is 2. The lowest BCUT2D eigenvalue weighted by atomic mass is 10.0. The Balaban J connectivity index is 1.70. The molecule has 130 valence electrons. The molecule has 3 rings (SSSR count). The maximum absolute atomic E-state index is 13.5. The normalized spacial score (nSPS) is 26.9. The van der Waals surface area contributed by atoms with Crippen LogP contribution >= 0.6 is 0 Å². The lowest BCUT2D eigenvalue weighted by Gasteiger charge is -2.26. The van der Waals surface area contributed by atoms with Gasteiger partial charge in [-0.25, -0.2) is 9.18 Å². The third-order valence-corrected chi connectivity index (χ3v) is 4.67. The van der Waals surface area contributed by atoms with E-state index in [4.69, 9.17) is 0 Å². The summed E-state index contributed by atoms with van der Waals surface area (Å²) in [5, 5.41) is 12.6. The van der Waals surface area contributed by atoms with Gasteiger partial charge in [0.1, 0.15) is 11.4 Å². The van der Waals surface area contributed by atoms with Gasteiger partial charge < -0.3 is 10.4 Å². The van der Waals surface area contributed by atoms with Crippen molar-refractivity contribution in [1.82, 2.24) is 15.1 Å². The molecule has 0 aromatic heterocycles. The Kier molecular flexibility index (Phi) is 4.31. The Bertz CT molecular complexity index is 664. The summed E-state index contributed by atoms with van der Waals surface area (Å²) in [6.07, 6.45) is 0.00699. The predicted molar refractivity (Wildman–Crippen MR) is 85.7 cm³/mol. The van der Waals surface area contributed by atoms with Gasteiger partial charge in [-0.2, -0.15) is 0 Å². The number of hydrogen-bond donors (Lipinski definition) is 2. The number of amides is 3. The van der Waals surface area contributed by atoms with Crippen LogP contribution in [0.1, 0.15) is 31.9 Å². The molecule has 2 atom stereocenters. The van der Waals surface area contributed by atoms with Crippen molar-refractivity contribution >= 4 is 11.9 Å². The van der Waals surface area contributed by atoms with Gasteiger partial charge in [-0.3, -0.25) is 14.6 Å². The lowest BCUT2D eigenvalue weighted by Crippen LogP contribution is -2.42. The second-order valence-corrected chi connectivity index (χ2v) is 6.97. The van der Waals surface area contributed by atoms with Gasteiger partial charge >= 0.3 is 6.03 Å². The van der Waals surface area contributed by atoms with Gasteiger partial charge in [0.15, 0.2) is 0 Å². The fraction of sp³-hybridized carbons (Fsp3) is 0.529. The Morgan fingerprint density at radius 3 is 2.71 bits per heavy atom. The number of carbonyl (C=O) groups excluding carboxylic acids is 2. The van der Waals surface area contributed by atoms with Crippen molar-refractivity contribution in [3.05, 3.63) is 35.6 Å². The molecule has 0 aliphatic carbocycles. The first kappa shape index (κ1) is 16.9. The van der Waals surface area contributed by atoms with Crippen molar-refractivity contribution in [2.75, 3.05) is 19.6 Å². The molecule has 2 aliphatic heterocycles. The number of urea groups is 1. The summed E-state index contributed by atoms with van der Waals surface area (Å²) in [6.45, 7) is 4.46. The molecule has 0 unspecified atom stereocenters. The van der Waals surface area contributed by atoms with Gasteiger partial charge in [0.05, 0.1) is 6.10 Å². The van der Waals surface area contributed by atoms with Crippen molar-refractivity contribution in [3.8, 4) is 0 Å². The number of imide groups is 1. The van der Waals surface area contributed by atoms with Gasteiger partial charge in [0.25, 0.3) is 5.91 Å². The highest BCUT2D eigenvalue weighted by molar-refractivity contribution is 6.06. The summed E-state index contributed by atoms with van der Waals surface area (Å²) in [6, 6.07) is 5.81. The van der Waals surface area contributed by atoms with E-state index < -0.39 is 17.7 Å². The monoisotopic (exact) mass is 335 g/mol. The number of likely N-dealkylation sites (tertiary alicyclic amines) is 1. The van der Waals surface area contributed by atoms with Crippen molar-refractivity contribution in [2.24, 2.45) is 0 Å². The number of halogens is 1. The van der Waals surface area contributed by atoms with Gasteiger partial charge in [-0.05, 0) is 38.0 Å². The highest BCUT2D eigenvalue weighted by Gasteiger charge is 2.44. The van der Waals surface area contributed by atoms with E-state index in [0.717, 1.165) is 5.56 Å². The Morgan fingerprint density at radius 2 is 2.08 bits per heavy atom. The van der Waals surface area contributed by atoms with Crippen LogP contribution in [0.25, 0.3) is 0 Å². The molecule has 1 aromatic rings. The molecule has 2 saturated heterocycles. The average Bonchev–Trinajstić information content (AvgIpc) is 2.95. The zero-order chi connectivity index (χ0) is 17.5. The van der Waals surface area contributed by atoms with Crippen LogP contribution in [-0.4, -0.2) is 58.1 Å². The molecule has 2 fully saturated rings. The molecule has 0 spiro atoms. The van der Waals surface area contributed by atoms with Crippen LogP contribution in [-0.2, 0) is 4.79 Å². The average molecular weight is 335 g/mol. The number of nitrogens with zero attached hydrogens (tertiary/aromatic N) is 2. The van der Waals surface area contributed by atoms with Crippen LogP contribution in [0.2, 0.25) is 0 Å². The first-order valence-electron chi connectivity index (χ1n) is 8.09. The van der Waals surface area contributed by atoms with E-state index in [0.29, 0.717) is 19.5 Å². The Hall–Kier alpha value is -1.99. The molecular weight excluding hydrogens is 313 g/mol. The minimum Gasteiger partial charge on any atom is -0.392 e. The molecule has 2 heterocycles. The van der Waals surface area contributed by atoms with E-state index >= 15 is 0 Å². The summed E-state index contributed by atoms with van der Waals surface area (Å²) in [4.78, 5) is 27.4. The summed E-state index contributed by atoms with van der Waals surface area (Å²) in [5.74, 6) is -0.570. The fourth-order valence-electron chi connectivity index (χ4n) is 3.44. The molecule has 0 bridgehead atoms. The summed E-state index contributed by atoms with van der Waals surface area (Å²) >= 11 is 0. The highest BCUT2D eigenvalue weighted by atomic mass is 19.1. The van der Waals surface area contributed by atoms with Gasteiger partial charge in [0, 0.05) is 25.7 Å². The topological polar surface area (TPSA) is 72.9 Å². The Morgan fingerprint density at radius 1 is 1.33 bits per heavy atom. The lowest BCUT2D eigenvalue weighted by molar-refractivity contribution is -0.130.